The Morgan fingerprint density at radius 1 is 1.29 bits per heavy atom. The number of thiophene rings is 1. The molecule has 2 N–H and O–H groups in total. The standard InChI is InChI=1S/C16H19FN2S2/c1-11(2)19(10-13-6-4-8-21-13)9-12-5-3-7-14(15(12)17)16(18)20/h3-8,11H,9-10H2,1-2H3,(H2,18,20). The summed E-state index contributed by atoms with van der Waals surface area (Å²) >= 11 is 6.61. The molecule has 0 amide bonds. The first kappa shape index (κ1) is 16.1. The number of halogens is 1. The lowest BCUT2D eigenvalue weighted by Gasteiger charge is -2.26. The fraction of sp³-hybridized carbons (Fsp3) is 0.312. The Kier molecular flexibility index (Phi) is 5.45. The molecule has 2 aromatic rings. The summed E-state index contributed by atoms with van der Waals surface area (Å²) in [5.74, 6) is -0.304. The minimum atomic E-state index is -0.304. The fourth-order valence-corrected chi connectivity index (χ4v) is 3.02. The molecule has 2 nitrogen and oxygen atoms in total. The Balaban J connectivity index is 2.21. The summed E-state index contributed by atoms with van der Waals surface area (Å²) in [7, 11) is 0. The third-order valence-corrected chi connectivity index (χ3v) is 4.47. The Labute approximate surface area is 134 Å². The van der Waals surface area contributed by atoms with Gasteiger partial charge in [-0.25, -0.2) is 4.39 Å². The van der Waals surface area contributed by atoms with Gasteiger partial charge in [0.1, 0.15) is 10.8 Å². The molecular formula is C16H19FN2S2. The van der Waals surface area contributed by atoms with Crippen LogP contribution in [-0.2, 0) is 13.1 Å². The van der Waals surface area contributed by atoms with Crippen LogP contribution in [-0.4, -0.2) is 15.9 Å². The number of rotatable bonds is 6. The van der Waals surface area contributed by atoms with Crippen LogP contribution in [0.3, 0.4) is 0 Å². The van der Waals surface area contributed by atoms with Crippen LogP contribution in [0.25, 0.3) is 0 Å². The van der Waals surface area contributed by atoms with Crippen molar-refractivity contribution in [2.45, 2.75) is 33.0 Å². The molecule has 0 aliphatic rings. The highest BCUT2D eigenvalue weighted by Gasteiger charge is 2.16. The molecule has 0 aliphatic carbocycles. The molecule has 2 rings (SSSR count). The van der Waals surface area contributed by atoms with Gasteiger partial charge in [-0.3, -0.25) is 4.90 Å². The van der Waals surface area contributed by atoms with E-state index in [0.29, 0.717) is 23.7 Å². The van der Waals surface area contributed by atoms with E-state index in [-0.39, 0.29) is 10.8 Å². The van der Waals surface area contributed by atoms with Crippen LogP contribution in [0.5, 0.6) is 0 Å². The first-order valence-electron chi connectivity index (χ1n) is 6.82. The van der Waals surface area contributed by atoms with Crippen molar-refractivity contribution in [1.82, 2.24) is 4.90 Å². The van der Waals surface area contributed by atoms with Crippen LogP contribution in [0.1, 0.15) is 29.9 Å². The highest BCUT2D eigenvalue weighted by Crippen LogP contribution is 2.20. The van der Waals surface area contributed by atoms with Crippen molar-refractivity contribution in [3.05, 3.63) is 57.5 Å². The second kappa shape index (κ2) is 7.11. The Morgan fingerprint density at radius 2 is 2.05 bits per heavy atom. The smallest absolute Gasteiger partial charge is 0.137 e. The van der Waals surface area contributed by atoms with Gasteiger partial charge in [0.25, 0.3) is 0 Å². The maximum Gasteiger partial charge on any atom is 0.137 e. The molecule has 0 saturated heterocycles. The zero-order chi connectivity index (χ0) is 15.4. The van der Waals surface area contributed by atoms with Gasteiger partial charge in [0.15, 0.2) is 0 Å². The number of benzene rings is 1. The molecule has 0 saturated carbocycles. The summed E-state index contributed by atoms with van der Waals surface area (Å²) in [5.41, 5.74) is 6.52. The molecular weight excluding hydrogens is 303 g/mol. The number of nitrogens with zero attached hydrogens (tertiary/aromatic N) is 1. The molecule has 1 aromatic heterocycles. The molecule has 112 valence electrons. The van der Waals surface area contributed by atoms with Crippen LogP contribution in [0.15, 0.2) is 35.7 Å². The summed E-state index contributed by atoms with van der Waals surface area (Å²) in [6.07, 6.45) is 0. The largest absolute Gasteiger partial charge is 0.389 e. The van der Waals surface area contributed by atoms with E-state index in [4.69, 9.17) is 18.0 Å². The van der Waals surface area contributed by atoms with Crippen molar-refractivity contribution in [3.8, 4) is 0 Å². The van der Waals surface area contributed by atoms with Crippen molar-refractivity contribution >= 4 is 28.5 Å². The van der Waals surface area contributed by atoms with E-state index in [2.05, 4.69) is 30.2 Å². The van der Waals surface area contributed by atoms with Crippen LogP contribution in [0, 0.1) is 5.82 Å². The Bertz CT molecular complexity index is 609. The van der Waals surface area contributed by atoms with Gasteiger partial charge in [0, 0.05) is 35.1 Å². The van der Waals surface area contributed by atoms with E-state index in [1.165, 1.54) is 4.88 Å². The molecule has 0 atom stereocenters. The molecule has 21 heavy (non-hydrogen) atoms. The predicted molar refractivity (Wildman–Crippen MR) is 91.0 cm³/mol. The first-order valence-corrected chi connectivity index (χ1v) is 8.11. The molecule has 1 aromatic carbocycles. The SMILES string of the molecule is CC(C)N(Cc1cccs1)Cc1cccc(C(N)=S)c1F. The summed E-state index contributed by atoms with van der Waals surface area (Å²) in [6.45, 7) is 5.58. The Morgan fingerprint density at radius 3 is 2.62 bits per heavy atom. The molecule has 0 aliphatic heterocycles. The van der Waals surface area contributed by atoms with E-state index in [9.17, 15) is 4.39 Å². The maximum absolute atomic E-state index is 14.4. The highest BCUT2D eigenvalue weighted by atomic mass is 32.1. The molecule has 0 bridgehead atoms. The molecule has 1 heterocycles. The van der Waals surface area contributed by atoms with Crippen molar-refractivity contribution < 1.29 is 4.39 Å². The monoisotopic (exact) mass is 322 g/mol. The van der Waals surface area contributed by atoms with E-state index in [1.807, 2.05) is 6.07 Å². The van der Waals surface area contributed by atoms with Gasteiger partial charge in [-0.1, -0.05) is 30.4 Å². The van der Waals surface area contributed by atoms with Gasteiger partial charge in [0.2, 0.25) is 0 Å². The van der Waals surface area contributed by atoms with Crippen molar-refractivity contribution in [1.29, 1.82) is 0 Å². The average Bonchev–Trinajstić information content (AvgIpc) is 2.92. The zero-order valence-electron chi connectivity index (χ0n) is 12.2. The van der Waals surface area contributed by atoms with E-state index >= 15 is 0 Å². The summed E-state index contributed by atoms with van der Waals surface area (Å²) in [4.78, 5) is 3.60. The van der Waals surface area contributed by atoms with Gasteiger partial charge in [-0.2, -0.15) is 0 Å². The topological polar surface area (TPSA) is 29.3 Å². The lowest BCUT2D eigenvalue weighted by atomic mass is 10.1. The van der Waals surface area contributed by atoms with E-state index in [1.54, 1.807) is 29.5 Å². The van der Waals surface area contributed by atoms with Gasteiger partial charge >= 0.3 is 0 Å². The molecule has 0 spiro atoms. The summed E-state index contributed by atoms with van der Waals surface area (Å²) in [6, 6.07) is 9.67. The number of thiocarbonyl (C=S) groups is 1. The molecule has 0 radical (unpaired) electrons. The minimum absolute atomic E-state index is 0.101. The highest BCUT2D eigenvalue weighted by molar-refractivity contribution is 7.80. The number of hydrogen-bond donors (Lipinski definition) is 1. The van der Waals surface area contributed by atoms with E-state index < -0.39 is 0 Å². The van der Waals surface area contributed by atoms with Crippen LogP contribution in [0.2, 0.25) is 0 Å². The van der Waals surface area contributed by atoms with Crippen molar-refractivity contribution in [2.24, 2.45) is 5.73 Å². The Hall–Kier alpha value is -1.30. The average molecular weight is 322 g/mol. The predicted octanol–water partition coefficient (Wildman–Crippen LogP) is 3.93. The normalized spacial score (nSPS) is 11.3. The van der Waals surface area contributed by atoms with Gasteiger partial charge in [-0.05, 0) is 31.4 Å². The molecule has 5 heteroatoms. The van der Waals surface area contributed by atoms with Gasteiger partial charge in [-0.15, -0.1) is 11.3 Å². The minimum Gasteiger partial charge on any atom is -0.389 e. The van der Waals surface area contributed by atoms with E-state index in [0.717, 1.165) is 6.54 Å². The van der Waals surface area contributed by atoms with Crippen molar-refractivity contribution in [2.75, 3.05) is 0 Å². The lowest BCUT2D eigenvalue weighted by Crippen LogP contribution is -2.30. The van der Waals surface area contributed by atoms with Crippen molar-refractivity contribution in [3.63, 3.8) is 0 Å². The lowest BCUT2D eigenvalue weighted by molar-refractivity contribution is 0.203. The second-order valence-electron chi connectivity index (χ2n) is 5.22. The zero-order valence-corrected chi connectivity index (χ0v) is 13.8. The van der Waals surface area contributed by atoms with Gasteiger partial charge < -0.3 is 5.73 Å². The quantitative estimate of drug-likeness (QED) is 0.817. The number of hydrogen-bond acceptors (Lipinski definition) is 3. The van der Waals surface area contributed by atoms with Crippen LogP contribution >= 0.6 is 23.6 Å². The van der Waals surface area contributed by atoms with Crippen LogP contribution in [0.4, 0.5) is 4.39 Å². The van der Waals surface area contributed by atoms with Gasteiger partial charge in [0.05, 0.1) is 0 Å². The fourth-order valence-electron chi connectivity index (χ4n) is 2.13. The molecule has 0 unspecified atom stereocenters. The second-order valence-corrected chi connectivity index (χ2v) is 6.69. The summed E-state index contributed by atoms with van der Waals surface area (Å²) in [5, 5.41) is 2.06. The maximum atomic E-state index is 14.4. The van der Waals surface area contributed by atoms with Crippen LogP contribution < -0.4 is 5.73 Å². The summed E-state index contributed by atoms with van der Waals surface area (Å²) < 4.78 is 14.4. The molecule has 0 fully saturated rings. The third-order valence-electron chi connectivity index (χ3n) is 3.39. The number of nitrogens with two attached hydrogens (primary N) is 1. The first-order chi connectivity index (χ1) is 9.99. The third kappa shape index (κ3) is 4.09.